The van der Waals surface area contributed by atoms with Gasteiger partial charge in [0.1, 0.15) is 11.3 Å². The molecule has 3 heterocycles. The number of rotatable bonds is 2. The van der Waals surface area contributed by atoms with Gasteiger partial charge in [-0.2, -0.15) is 0 Å². The van der Waals surface area contributed by atoms with E-state index in [1.54, 1.807) is 4.90 Å². The maximum absolute atomic E-state index is 14.0. The molecule has 0 saturated carbocycles. The molecule has 146 valence electrons. The molecule has 1 aromatic heterocycles. The van der Waals surface area contributed by atoms with Crippen LogP contribution in [0, 0.1) is 11.6 Å². The van der Waals surface area contributed by atoms with E-state index in [1.807, 2.05) is 11.9 Å². The highest BCUT2D eigenvalue weighted by Gasteiger charge is 2.30. The number of aromatic nitrogens is 1. The van der Waals surface area contributed by atoms with Gasteiger partial charge in [-0.05, 0) is 18.9 Å². The Kier molecular flexibility index (Phi) is 5.14. The normalized spacial score (nSPS) is 20.9. The number of likely N-dealkylation sites (N-methyl/N-ethyl adjacent to an activating group) is 1. The van der Waals surface area contributed by atoms with Crippen molar-refractivity contribution in [3.05, 3.63) is 23.8 Å². The first-order chi connectivity index (χ1) is 13.0. The van der Waals surface area contributed by atoms with Crippen molar-refractivity contribution < 1.29 is 18.3 Å². The number of fused-ring (bicyclic) bond motifs is 1. The number of carbonyl (C=O) groups is 1. The van der Waals surface area contributed by atoms with Crippen LogP contribution in [0.2, 0.25) is 0 Å². The number of morpholine rings is 1. The number of thiazole rings is 1. The number of halogens is 2. The van der Waals surface area contributed by atoms with Crippen LogP contribution in [-0.2, 0) is 4.74 Å². The van der Waals surface area contributed by atoms with E-state index in [1.165, 1.54) is 17.4 Å². The fourth-order valence-electron chi connectivity index (χ4n) is 3.66. The third-order valence-electron chi connectivity index (χ3n) is 5.20. The summed E-state index contributed by atoms with van der Waals surface area (Å²) in [6.07, 6.45) is 1.83. The lowest BCUT2D eigenvalue weighted by atomic mass is 10.1. The van der Waals surface area contributed by atoms with Crippen LogP contribution in [0.25, 0.3) is 10.2 Å². The molecule has 4 rings (SSSR count). The van der Waals surface area contributed by atoms with Crippen molar-refractivity contribution in [3.8, 4) is 0 Å². The fourth-order valence-corrected chi connectivity index (χ4v) is 4.70. The topological polar surface area (TPSA) is 48.9 Å². The molecule has 2 aliphatic rings. The Balaban J connectivity index is 1.49. The monoisotopic (exact) mass is 396 g/mol. The van der Waals surface area contributed by atoms with Crippen LogP contribution in [0.4, 0.5) is 18.7 Å². The SMILES string of the molecule is CN(C(=O)N1CCOCC1)C1CCCN(c2nc3c(F)cc(F)cc3s2)C1. The molecule has 2 amide bonds. The van der Waals surface area contributed by atoms with Crippen molar-refractivity contribution in [2.45, 2.75) is 18.9 Å². The molecule has 9 heteroatoms. The minimum absolute atomic E-state index is 0.0163. The van der Waals surface area contributed by atoms with Crippen LogP contribution in [0.15, 0.2) is 12.1 Å². The van der Waals surface area contributed by atoms with E-state index in [0.29, 0.717) is 42.7 Å². The molecule has 1 atom stereocenters. The van der Waals surface area contributed by atoms with Gasteiger partial charge in [-0.15, -0.1) is 0 Å². The zero-order valence-electron chi connectivity index (χ0n) is 15.2. The molecule has 6 nitrogen and oxygen atoms in total. The van der Waals surface area contributed by atoms with E-state index >= 15 is 0 Å². The molecule has 27 heavy (non-hydrogen) atoms. The van der Waals surface area contributed by atoms with Gasteiger partial charge < -0.3 is 19.4 Å². The van der Waals surface area contributed by atoms with Crippen molar-refractivity contribution in [3.63, 3.8) is 0 Å². The molecule has 2 aromatic rings. The van der Waals surface area contributed by atoms with Gasteiger partial charge in [-0.1, -0.05) is 11.3 Å². The van der Waals surface area contributed by atoms with E-state index in [2.05, 4.69) is 9.88 Å². The molecular weight excluding hydrogens is 374 g/mol. The van der Waals surface area contributed by atoms with Gasteiger partial charge in [0.05, 0.1) is 24.0 Å². The van der Waals surface area contributed by atoms with Crippen LogP contribution in [0.1, 0.15) is 12.8 Å². The fraction of sp³-hybridized carbons (Fsp3) is 0.556. The summed E-state index contributed by atoms with van der Waals surface area (Å²) in [7, 11) is 1.83. The van der Waals surface area contributed by atoms with Gasteiger partial charge in [-0.25, -0.2) is 18.6 Å². The third kappa shape index (κ3) is 3.70. The summed E-state index contributed by atoms with van der Waals surface area (Å²) in [5.41, 5.74) is 0.205. The number of nitrogens with zero attached hydrogens (tertiary/aromatic N) is 4. The van der Waals surface area contributed by atoms with Crippen LogP contribution in [0.3, 0.4) is 0 Å². The number of hydrogen-bond donors (Lipinski definition) is 0. The maximum Gasteiger partial charge on any atom is 0.320 e. The predicted molar refractivity (Wildman–Crippen MR) is 100 cm³/mol. The Hall–Kier alpha value is -2.00. The molecular formula is C18H22F2N4O2S. The van der Waals surface area contributed by atoms with Crippen LogP contribution >= 0.6 is 11.3 Å². The average molecular weight is 396 g/mol. The molecule has 1 aromatic carbocycles. The maximum atomic E-state index is 14.0. The number of hydrogen-bond acceptors (Lipinski definition) is 5. The van der Waals surface area contributed by atoms with Gasteiger partial charge >= 0.3 is 6.03 Å². The van der Waals surface area contributed by atoms with E-state index in [-0.39, 0.29) is 17.6 Å². The number of carbonyl (C=O) groups excluding carboxylic acids is 1. The number of anilines is 1. The highest BCUT2D eigenvalue weighted by Crippen LogP contribution is 2.33. The highest BCUT2D eigenvalue weighted by atomic mass is 32.1. The Morgan fingerprint density at radius 2 is 2.07 bits per heavy atom. The van der Waals surface area contributed by atoms with E-state index in [4.69, 9.17) is 4.74 Å². The summed E-state index contributed by atoms with van der Waals surface area (Å²) in [5.74, 6) is -1.23. The molecule has 2 fully saturated rings. The Bertz CT molecular complexity index is 840. The summed E-state index contributed by atoms with van der Waals surface area (Å²) in [6.45, 7) is 3.80. The molecule has 0 N–H and O–H groups in total. The Morgan fingerprint density at radius 1 is 1.30 bits per heavy atom. The van der Waals surface area contributed by atoms with Crippen molar-refractivity contribution in [1.82, 2.24) is 14.8 Å². The van der Waals surface area contributed by atoms with Gasteiger partial charge in [-0.3, -0.25) is 0 Å². The largest absolute Gasteiger partial charge is 0.378 e. The molecule has 1 unspecified atom stereocenters. The first-order valence-electron chi connectivity index (χ1n) is 9.13. The standard InChI is InChI=1S/C18H22F2N4O2S/c1-22(18(25)23-5-7-26-8-6-23)13-3-2-4-24(11-13)17-21-16-14(20)9-12(19)10-15(16)27-17/h9-10,13H,2-8,11H2,1H3. The lowest BCUT2D eigenvalue weighted by molar-refractivity contribution is 0.0414. The van der Waals surface area contributed by atoms with E-state index in [0.717, 1.165) is 25.5 Å². The van der Waals surface area contributed by atoms with Crippen molar-refractivity contribution >= 4 is 32.7 Å². The summed E-state index contributed by atoms with van der Waals surface area (Å²) in [4.78, 5) is 22.8. The second-order valence-electron chi connectivity index (χ2n) is 6.97. The molecule has 0 spiro atoms. The number of piperidine rings is 1. The molecule has 0 bridgehead atoms. The van der Waals surface area contributed by atoms with Gasteiger partial charge in [0, 0.05) is 39.3 Å². The number of urea groups is 1. The summed E-state index contributed by atoms with van der Waals surface area (Å²) < 4.78 is 33.2. The Labute approximate surface area is 160 Å². The quantitative estimate of drug-likeness (QED) is 0.783. The van der Waals surface area contributed by atoms with Gasteiger partial charge in [0.2, 0.25) is 0 Å². The summed E-state index contributed by atoms with van der Waals surface area (Å²) in [6, 6.07) is 2.25. The first-order valence-corrected chi connectivity index (χ1v) is 9.94. The Morgan fingerprint density at radius 3 is 2.85 bits per heavy atom. The number of amides is 2. The van der Waals surface area contributed by atoms with Crippen LogP contribution in [-0.4, -0.2) is 73.3 Å². The number of benzene rings is 1. The zero-order valence-corrected chi connectivity index (χ0v) is 16.0. The average Bonchev–Trinajstić information content (AvgIpc) is 3.12. The second kappa shape index (κ2) is 7.55. The molecule has 2 aliphatic heterocycles. The zero-order chi connectivity index (χ0) is 19.0. The van der Waals surface area contributed by atoms with Crippen LogP contribution < -0.4 is 4.90 Å². The lowest BCUT2D eigenvalue weighted by Gasteiger charge is -2.40. The van der Waals surface area contributed by atoms with E-state index in [9.17, 15) is 13.6 Å². The van der Waals surface area contributed by atoms with Crippen molar-refractivity contribution in [1.29, 1.82) is 0 Å². The minimum Gasteiger partial charge on any atom is -0.378 e. The van der Waals surface area contributed by atoms with E-state index < -0.39 is 11.6 Å². The van der Waals surface area contributed by atoms with Crippen molar-refractivity contribution in [2.75, 3.05) is 51.3 Å². The van der Waals surface area contributed by atoms with Crippen LogP contribution in [0.5, 0.6) is 0 Å². The molecule has 2 saturated heterocycles. The summed E-state index contributed by atoms with van der Waals surface area (Å²) >= 11 is 1.29. The lowest BCUT2D eigenvalue weighted by Crippen LogP contribution is -2.54. The third-order valence-corrected chi connectivity index (χ3v) is 6.26. The van der Waals surface area contributed by atoms with Gasteiger partial charge in [0.15, 0.2) is 10.9 Å². The smallest absolute Gasteiger partial charge is 0.320 e. The second-order valence-corrected chi connectivity index (χ2v) is 7.97. The number of ether oxygens (including phenoxy) is 1. The molecule has 0 aliphatic carbocycles. The summed E-state index contributed by atoms with van der Waals surface area (Å²) in [5, 5.41) is 0.673. The molecule has 0 radical (unpaired) electrons. The predicted octanol–water partition coefficient (Wildman–Crippen LogP) is 2.93. The first kappa shape index (κ1) is 18.4. The highest BCUT2D eigenvalue weighted by molar-refractivity contribution is 7.22. The minimum atomic E-state index is -0.638. The van der Waals surface area contributed by atoms with Crippen molar-refractivity contribution in [2.24, 2.45) is 0 Å². The van der Waals surface area contributed by atoms with Gasteiger partial charge in [0.25, 0.3) is 0 Å².